The molecule has 2 rings (SSSR count). The summed E-state index contributed by atoms with van der Waals surface area (Å²) in [4.78, 5) is 14.5. The first kappa shape index (κ1) is 16.6. The van der Waals surface area contributed by atoms with Gasteiger partial charge in [-0.25, -0.2) is 0 Å². The average Bonchev–Trinajstić information content (AvgIpc) is 2.97. The summed E-state index contributed by atoms with van der Waals surface area (Å²) in [5.74, 6) is -1.80. The van der Waals surface area contributed by atoms with E-state index in [0.29, 0.717) is 19.4 Å². The van der Waals surface area contributed by atoms with Crippen LogP contribution >= 0.6 is 0 Å². The Morgan fingerprint density at radius 1 is 1.29 bits per heavy atom. The topological polar surface area (TPSA) is 32.3 Å². The summed E-state index contributed by atoms with van der Waals surface area (Å²) in [6, 6.07) is 0.156. The molecule has 0 radical (unpaired) electrons. The summed E-state index contributed by atoms with van der Waals surface area (Å²) in [7, 11) is 0. The lowest BCUT2D eigenvalue weighted by Crippen LogP contribution is -2.46. The summed E-state index contributed by atoms with van der Waals surface area (Å²) in [6.45, 7) is 4.30. The van der Waals surface area contributed by atoms with Crippen molar-refractivity contribution in [1.29, 1.82) is 0 Å². The Hall–Kier alpha value is -0.780. The van der Waals surface area contributed by atoms with Crippen LogP contribution in [-0.2, 0) is 4.79 Å². The minimum atomic E-state index is -4.16. The zero-order chi connectivity index (χ0) is 15.5. The van der Waals surface area contributed by atoms with Crippen LogP contribution in [-0.4, -0.2) is 42.7 Å². The molecule has 0 aromatic heterocycles. The number of carbonyl (C=O) groups excluding carboxylic acids is 1. The van der Waals surface area contributed by atoms with Gasteiger partial charge in [0.05, 0.1) is 5.92 Å². The molecule has 1 aliphatic heterocycles. The van der Waals surface area contributed by atoms with Gasteiger partial charge in [-0.2, -0.15) is 13.2 Å². The molecule has 2 fully saturated rings. The highest BCUT2D eigenvalue weighted by Crippen LogP contribution is 2.40. The second-order valence-electron chi connectivity index (χ2n) is 6.28. The second kappa shape index (κ2) is 6.99. The Bertz CT molecular complexity index is 353. The number of hydrogen-bond donors (Lipinski definition) is 1. The molecule has 1 aliphatic carbocycles. The molecule has 2 aliphatic rings. The van der Waals surface area contributed by atoms with Gasteiger partial charge in [0.15, 0.2) is 0 Å². The summed E-state index contributed by atoms with van der Waals surface area (Å²) in [5.41, 5.74) is 0. The average molecular weight is 306 g/mol. The maximum atomic E-state index is 12.9. The highest BCUT2D eigenvalue weighted by molar-refractivity contribution is 5.79. The standard InChI is InChI=1S/C15H25F3N2O/c1-2-8-20(13-6-7-19-10-13)14(21)11-4-3-5-12(9-11)15(16,17)18/h11-13,19H,2-10H2,1H3. The van der Waals surface area contributed by atoms with Gasteiger partial charge in [-0.1, -0.05) is 13.3 Å². The van der Waals surface area contributed by atoms with E-state index in [1.807, 2.05) is 11.8 Å². The van der Waals surface area contributed by atoms with Gasteiger partial charge < -0.3 is 10.2 Å². The lowest BCUT2D eigenvalue weighted by Gasteiger charge is -2.36. The number of nitrogens with one attached hydrogen (secondary N) is 1. The third-order valence-corrected chi connectivity index (χ3v) is 4.71. The molecule has 1 heterocycles. The number of hydrogen-bond acceptors (Lipinski definition) is 2. The predicted molar refractivity (Wildman–Crippen MR) is 74.8 cm³/mol. The Balaban J connectivity index is 2.02. The van der Waals surface area contributed by atoms with Crippen molar-refractivity contribution >= 4 is 5.91 Å². The van der Waals surface area contributed by atoms with Crippen LogP contribution in [0.15, 0.2) is 0 Å². The summed E-state index contributed by atoms with van der Waals surface area (Å²) in [5, 5.41) is 3.23. The lowest BCUT2D eigenvalue weighted by atomic mass is 9.80. The molecule has 21 heavy (non-hydrogen) atoms. The van der Waals surface area contributed by atoms with Gasteiger partial charge in [-0.3, -0.25) is 4.79 Å². The number of alkyl halides is 3. The molecule has 1 amide bonds. The molecule has 0 spiro atoms. The highest BCUT2D eigenvalue weighted by Gasteiger charge is 2.44. The van der Waals surface area contributed by atoms with Gasteiger partial charge in [0.25, 0.3) is 0 Å². The Labute approximate surface area is 124 Å². The molecule has 122 valence electrons. The number of amides is 1. The Morgan fingerprint density at radius 2 is 2.05 bits per heavy atom. The number of carbonyl (C=O) groups is 1. The van der Waals surface area contributed by atoms with Crippen molar-refractivity contribution in [2.75, 3.05) is 19.6 Å². The lowest BCUT2D eigenvalue weighted by molar-refractivity contribution is -0.187. The van der Waals surface area contributed by atoms with Gasteiger partial charge in [0.2, 0.25) is 5.91 Å². The van der Waals surface area contributed by atoms with Crippen molar-refractivity contribution < 1.29 is 18.0 Å². The van der Waals surface area contributed by atoms with Gasteiger partial charge in [0, 0.05) is 25.0 Å². The van der Waals surface area contributed by atoms with Crippen LogP contribution in [0.2, 0.25) is 0 Å². The third kappa shape index (κ3) is 4.11. The van der Waals surface area contributed by atoms with E-state index in [2.05, 4.69) is 5.32 Å². The minimum Gasteiger partial charge on any atom is -0.338 e. The van der Waals surface area contributed by atoms with Crippen molar-refractivity contribution in [2.24, 2.45) is 11.8 Å². The first-order valence-electron chi connectivity index (χ1n) is 8.01. The van der Waals surface area contributed by atoms with Crippen molar-refractivity contribution in [3.63, 3.8) is 0 Å². The Morgan fingerprint density at radius 3 is 2.62 bits per heavy atom. The fourth-order valence-electron chi connectivity index (χ4n) is 3.56. The molecule has 1 saturated carbocycles. The molecule has 1 N–H and O–H groups in total. The third-order valence-electron chi connectivity index (χ3n) is 4.71. The zero-order valence-electron chi connectivity index (χ0n) is 12.6. The van der Waals surface area contributed by atoms with E-state index in [1.165, 1.54) is 0 Å². The van der Waals surface area contributed by atoms with Crippen LogP contribution in [0.1, 0.15) is 45.4 Å². The monoisotopic (exact) mass is 306 g/mol. The van der Waals surface area contributed by atoms with Crippen LogP contribution in [0.3, 0.4) is 0 Å². The van der Waals surface area contributed by atoms with Gasteiger partial charge >= 0.3 is 6.18 Å². The maximum Gasteiger partial charge on any atom is 0.391 e. The molecule has 0 aromatic carbocycles. The smallest absolute Gasteiger partial charge is 0.338 e. The van der Waals surface area contributed by atoms with E-state index in [4.69, 9.17) is 0 Å². The maximum absolute atomic E-state index is 12.9. The van der Waals surface area contributed by atoms with E-state index in [0.717, 1.165) is 25.9 Å². The molecule has 0 aromatic rings. The van der Waals surface area contributed by atoms with Gasteiger partial charge in [-0.05, 0) is 38.6 Å². The van der Waals surface area contributed by atoms with Gasteiger partial charge in [0.1, 0.15) is 0 Å². The summed E-state index contributed by atoms with van der Waals surface area (Å²) >= 11 is 0. The molecule has 3 unspecified atom stereocenters. The second-order valence-corrected chi connectivity index (χ2v) is 6.28. The van der Waals surface area contributed by atoms with E-state index < -0.39 is 18.0 Å². The largest absolute Gasteiger partial charge is 0.391 e. The van der Waals surface area contributed by atoms with Crippen molar-refractivity contribution in [1.82, 2.24) is 10.2 Å². The molecular formula is C15H25F3N2O. The van der Waals surface area contributed by atoms with Crippen molar-refractivity contribution in [3.05, 3.63) is 0 Å². The first-order chi connectivity index (χ1) is 9.93. The van der Waals surface area contributed by atoms with Crippen molar-refractivity contribution in [3.8, 4) is 0 Å². The van der Waals surface area contributed by atoms with E-state index in [9.17, 15) is 18.0 Å². The number of rotatable bonds is 4. The zero-order valence-corrected chi connectivity index (χ0v) is 12.6. The highest BCUT2D eigenvalue weighted by atomic mass is 19.4. The first-order valence-corrected chi connectivity index (χ1v) is 8.01. The van der Waals surface area contributed by atoms with Crippen LogP contribution < -0.4 is 5.32 Å². The van der Waals surface area contributed by atoms with Crippen LogP contribution in [0.5, 0.6) is 0 Å². The number of halogens is 3. The number of nitrogens with zero attached hydrogens (tertiary/aromatic N) is 1. The quantitative estimate of drug-likeness (QED) is 0.866. The van der Waals surface area contributed by atoms with Crippen LogP contribution in [0, 0.1) is 11.8 Å². The van der Waals surface area contributed by atoms with Crippen LogP contribution in [0.4, 0.5) is 13.2 Å². The van der Waals surface area contributed by atoms with Gasteiger partial charge in [-0.15, -0.1) is 0 Å². The fourth-order valence-corrected chi connectivity index (χ4v) is 3.56. The molecule has 1 saturated heterocycles. The summed E-state index contributed by atoms with van der Waals surface area (Å²) < 4.78 is 38.7. The SMILES string of the molecule is CCCN(C(=O)C1CCCC(C(F)(F)F)C1)C1CCNC1. The predicted octanol–water partition coefficient (Wildman–Crippen LogP) is 2.96. The normalized spacial score (nSPS) is 30.4. The van der Waals surface area contributed by atoms with E-state index >= 15 is 0 Å². The van der Waals surface area contributed by atoms with Crippen LogP contribution in [0.25, 0.3) is 0 Å². The molecule has 3 nitrogen and oxygen atoms in total. The minimum absolute atomic E-state index is 0.0251. The Kier molecular flexibility index (Phi) is 5.52. The molecular weight excluding hydrogens is 281 g/mol. The molecule has 3 atom stereocenters. The van der Waals surface area contributed by atoms with Crippen molar-refractivity contribution in [2.45, 2.75) is 57.7 Å². The molecule has 6 heteroatoms. The van der Waals surface area contributed by atoms with E-state index in [-0.39, 0.29) is 24.8 Å². The molecule has 0 bridgehead atoms. The fraction of sp³-hybridized carbons (Fsp3) is 0.933. The van der Waals surface area contributed by atoms with E-state index in [1.54, 1.807) is 0 Å². The summed E-state index contributed by atoms with van der Waals surface area (Å²) in [6.07, 6.45) is -1.16.